The van der Waals surface area contributed by atoms with Crippen molar-refractivity contribution in [3.05, 3.63) is 101 Å². The molecule has 1 aliphatic rings. The lowest BCUT2D eigenvalue weighted by Gasteiger charge is -2.12. The van der Waals surface area contributed by atoms with Gasteiger partial charge in [0.25, 0.3) is 0 Å². The van der Waals surface area contributed by atoms with Crippen LogP contribution in [0.5, 0.6) is 0 Å². The molecule has 6 rings (SSSR count). The fourth-order valence-electron chi connectivity index (χ4n) is 4.81. The SMILES string of the molecule is N#C/C(=C/c1ccc(-c2ccc(-c3ccc(-n4c5c(c6ccccc64)CCC=C5)cc3)s2)[nH]1)C(=O)O. The number of nitrogens with one attached hydrogen (secondary N) is 1. The first-order valence-electron chi connectivity index (χ1n) is 11.7. The number of carboxylic acid groups (broad SMARTS) is 1. The van der Waals surface area contributed by atoms with Crippen molar-refractivity contribution in [2.24, 2.45) is 0 Å². The molecule has 0 unspecified atom stereocenters. The van der Waals surface area contributed by atoms with E-state index in [0.717, 1.165) is 39.5 Å². The highest BCUT2D eigenvalue weighted by Crippen LogP contribution is 2.37. The van der Waals surface area contributed by atoms with Crippen molar-refractivity contribution in [2.75, 3.05) is 0 Å². The second kappa shape index (κ2) is 8.88. The van der Waals surface area contributed by atoms with E-state index in [1.807, 2.05) is 6.07 Å². The second-order valence-corrected chi connectivity index (χ2v) is 9.75. The van der Waals surface area contributed by atoms with E-state index in [4.69, 9.17) is 10.4 Å². The number of aromatic amines is 1. The Kier molecular flexibility index (Phi) is 5.40. The van der Waals surface area contributed by atoms with Crippen LogP contribution in [0.2, 0.25) is 0 Å². The number of benzene rings is 2. The van der Waals surface area contributed by atoms with Crippen LogP contribution in [0.3, 0.4) is 0 Å². The predicted octanol–water partition coefficient (Wildman–Crippen LogP) is 7.31. The Labute approximate surface area is 211 Å². The number of hydrogen-bond acceptors (Lipinski definition) is 3. The van der Waals surface area contributed by atoms with Gasteiger partial charge >= 0.3 is 5.97 Å². The number of fused-ring (bicyclic) bond motifs is 3. The molecule has 36 heavy (non-hydrogen) atoms. The summed E-state index contributed by atoms with van der Waals surface area (Å²) in [6.07, 6.45) is 7.99. The molecule has 5 aromatic rings. The third kappa shape index (κ3) is 3.76. The molecule has 3 aromatic heterocycles. The highest BCUT2D eigenvalue weighted by Gasteiger charge is 2.18. The first-order chi connectivity index (χ1) is 17.6. The van der Waals surface area contributed by atoms with Crippen LogP contribution in [0.25, 0.3) is 49.8 Å². The van der Waals surface area contributed by atoms with Gasteiger partial charge in [-0.2, -0.15) is 5.26 Å². The molecule has 6 heteroatoms. The molecule has 0 spiro atoms. The van der Waals surface area contributed by atoms with Crippen LogP contribution in [0.1, 0.15) is 23.4 Å². The summed E-state index contributed by atoms with van der Waals surface area (Å²) in [5.74, 6) is -1.24. The van der Waals surface area contributed by atoms with Crippen LogP contribution in [-0.4, -0.2) is 20.6 Å². The summed E-state index contributed by atoms with van der Waals surface area (Å²) in [4.78, 5) is 16.5. The molecule has 0 bridgehead atoms. The lowest BCUT2D eigenvalue weighted by Crippen LogP contribution is -2.00. The Morgan fingerprint density at radius 2 is 1.83 bits per heavy atom. The molecule has 3 heterocycles. The molecule has 5 nitrogen and oxygen atoms in total. The normalized spacial score (nSPS) is 13.0. The van der Waals surface area contributed by atoms with Crippen LogP contribution in [0, 0.1) is 11.3 Å². The summed E-state index contributed by atoms with van der Waals surface area (Å²) in [5, 5.41) is 19.4. The number of nitriles is 1. The second-order valence-electron chi connectivity index (χ2n) is 8.67. The molecule has 0 radical (unpaired) electrons. The van der Waals surface area contributed by atoms with Crippen molar-refractivity contribution in [1.82, 2.24) is 9.55 Å². The Morgan fingerprint density at radius 1 is 1.03 bits per heavy atom. The third-order valence-corrected chi connectivity index (χ3v) is 7.67. The lowest BCUT2D eigenvalue weighted by molar-refractivity contribution is -0.132. The minimum atomic E-state index is -1.24. The van der Waals surface area contributed by atoms with E-state index in [1.165, 1.54) is 28.2 Å². The molecule has 2 N–H and O–H groups in total. The van der Waals surface area contributed by atoms with Gasteiger partial charge < -0.3 is 14.7 Å². The average molecular weight is 488 g/mol. The van der Waals surface area contributed by atoms with Crippen molar-refractivity contribution in [3.63, 3.8) is 0 Å². The zero-order valence-electron chi connectivity index (χ0n) is 19.2. The van der Waals surface area contributed by atoms with Gasteiger partial charge in [0, 0.05) is 27.3 Å². The van der Waals surface area contributed by atoms with E-state index >= 15 is 0 Å². The third-order valence-electron chi connectivity index (χ3n) is 6.50. The summed E-state index contributed by atoms with van der Waals surface area (Å²) >= 11 is 1.66. The number of aliphatic carboxylic acids is 1. The molecule has 1 aliphatic carbocycles. The number of carbonyl (C=O) groups is 1. The molecule has 0 amide bonds. The maximum atomic E-state index is 11.1. The Bertz CT molecular complexity index is 1720. The monoisotopic (exact) mass is 487 g/mol. The van der Waals surface area contributed by atoms with Crippen molar-refractivity contribution >= 4 is 40.4 Å². The van der Waals surface area contributed by atoms with Gasteiger partial charge in [-0.1, -0.05) is 36.4 Å². The minimum absolute atomic E-state index is 0.303. The van der Waals surface area contributed by atoms with Crippen molar-refractivity contribution < 1.29 is 9.90 Å². The van der Waals surface area contributed by atoms with Gasteiger partial charge in [0.2, 0.25) is 0 Å². The lowest BCUT2D eigenvalue weighted by atomic mass is 10.0. The number of nitrogens with zero attached hydrogens (tertiary/aromatic N) is 2. The van der Waals surface area contributed by atoms with Gasteiger partial charge in [-0.3, -0.25) is 0 Å². The number of thiophene rings is 1. The number of rotatable bonds is 5. The molecule has 0 saturated heterocycles. The molecule has 174 valence electrons. The fraction of sp³-hybridized carbons (Fsp3) is 0.0667. The number of allylic oxidation sites excluding steroid dienone is 1. The Hall–Kier alpha value is -4.60. The molecule has 0 fully saturated rings. The summed E-state index contributed by atoms with van der Waals surface area (Å²) in [5.41, 5.74) is 7.38. The van der Waals surface area contributed by atoms with Gasteiger partial charge in [0.1, 0.15) is 11.6 Å². The van der Waals surface area contributed by atoms with Crippen LogP contribution in [-0.2, 0) is 11.2 Å². The number of aromatic nitrogens is 2. The zero-order chi connectivity index (χ0) is 24.6. The van der Waals surface area contributed by atoms with Crippen LogP contribution in [0.4, 0.5) is 0 Å². The van der Waals surface area contributed by atoms with Gasteiger partial charge in [-0.25, -0.2) is 4.79 Å². The minimum Gasteiger partial charge on any atom is -0.477 e. The molecule has 0 aliphatic heterocycles. The molecule has 2 aromatic carbocycles. The van der Waals surface area contributed by atoms with Gasteiger partial charge in [-0.15, -0.1) is 11.3 Å². The average Bonchev–Trinajstić information content (AvgIpc) is 3.65. The highest BCUT2D eigenvalue weighted by atomic mass is 32.1. The number of hydrogen-bond donors (Lipinski definition) is 2. The van der Waals surface area contributed by atoms with Crippen molar-refractivity contribution in [2.45, 2.75) is 12.8 Å². The molecule has 0 saturated carbocycles. The number of para-hydroxylation sites is 1. The van der Waals surface area contributed by atoms with E-state index < -0.39 is 5.97 Å². The van der Waals surface area contributed by atoms with Gasteiger partial charge in [-0.05, 0) is 78.6 Å². The number of aryl methyl sites for hydroxylation is 1. The summed E-state index contributed by atoms with van der Waals surface area (Å²) in [6, 6.07) is 26.8. The largest absolute Gasteiger partial charge is 0.477 e. The van der Waals surface area contributed by atoms with Gasteiger partial charge in [0.15, 0.2) is 0 Å². The standard InChI is InChI=1S/C30H21N3O2S/c31-18-20(30(34)35)17-21-11-14-25(32-21)29-16-15-28(36-29)19-9-12-22(13-10-19)33-26-7-3-1-5-23(26)24-6-2-4-8-27(24)33/h1,3-5,7-17,32H,2,6H2,(H,34,35)/b20-17-. The van der Waals surface area contributed by atoms with Crippen molar-refractivity contribution in [3.8, 4) is 32.8 Å². The fourth-order valence-corrected chi connectivity index (χ4v) is 5.81. The van der Waals surface area contributed by atoms with Crippen molar-refractivity contribution in [1.29, 1.82) is 5.26 Å². The maximum Gasteiger partial charge on any atom is 0.346 e. The Morgan fingerprint density at radius 3 is 2.64 bits per heavy atom. The first-order valence-corrected chi connectivity index (χ1v) is 12.5. The number of H-pyrrole nitrogens is 1. The van der Waals surface area contributed by atoms with Crippen LogP contribution < -0.4 is 0 Å². The molecular weight excluding hydrogens is 466 g/mol. The first kappa shape index (κ1) is 21.9. The zero-order valence-corrected chi connectivity index (χ0v) is 20.0. The topological polar surface area (TPSA) is 81.8 Å². The van der Waals surface area contributed by atoms with E-state index in [-0.39, 0.29) is 5.57 Å². The maximum absolute atomic E-state index is 11.1. The van der Waals surface area contributed by atoms with E-state index in [9.17, 15) is 4.79 Å². The smallest absolute Gasteiger partial charge is 0.346 e. The molecular formula is C30H21N3O2S. The summed E-state index contributed by atoms with van der Waals surface area (Å²) in [7, 11) is 0. The Balaban J connectivity index is 1.31. The summed E-state index contributed by atoms with van der Waals surface area (Å²) in [6.45, 7) is 0. The summed E-state index contributed by atoms with van der Waals surface area (Å²) < 4.78 is 2.35. The quantitative estimate of drug-likeness (QED) is 0.201. The van der Waals surface area contributed by atoms with E-state index in [2.05, 4.69) is 82.4 Å². The van der Waals surface area contributed by atoms with Gasteiger partial charge in [0.05, 0.1) is 16.1 Å². The number of carboxylic acids is 1. The predicted molar refractivity (Wildman–Crippen MR) is 145 cm³/mol. The van der Waals surface area contributed by atoms with Crippen LogP contribution in [0.15, 0.2) is 84.4 Å². The molecule has 0 atom stereocenters. The van der Waals surface area contributed by atoms with Crippen LogP contribution >= 0.6 is 11.3 Å². The van der Waals surface area contributed by atoms with E-state index in [1.54, 1.807) is 23.5 Å². The highest BCUT2D eigenvalue weighted by molar-refractivity contribution is 7.18. The van der Waals surface area contributed by atoms with E-state index in [0.29, 0.717) is 5.69 Å².